The minimum Gasteiger partial charge on any atom is -0.325 e. The van der Waals surface area contributed by atoms with Gasteiger partial charge in [0, 0.05) is 30.2 Å². The molecular weight excluding hydrogens is 443 g/mol. The highest BCUT2D eigenvalue weighted by atomic mass is 32.2. The Bertz CT molecular complexity index is 1380. The molecule has 2 aromatic heterocycles. The molecule has 1 atom stereocenters. The second kappa shape index (κ2) is 8.42. The van der Waals surface area contributed by atoms with Gasteiger partial charge in [-0.15, -0.1) is 0 Å². The van der Waals surface area contributed by atoms with E-state index in [0.29, 0.717) is 18.5 Å². The SMILES string of the molecule is O=C(Nc1ccc(-c2cn3ccccc3n2)cc1)[C@@H]1CCCN1S(=O)(=O)c1ccc(F)cc1. The number of fused-ring (bicyclic) bond motifs is 1. The first-order chi connectivity index (χ1) is 15.9. The molecule has 1 amide bonds. The van der Waals surface area contributed by atoms with Crippen molar-refractivity contribution in [3.63, 3.8) is 0 Å². The number of hydrogen-bond acceptors (Lipinski definition) is 4. The van der Waals surface area contributed by atoms with Crippen molar-refractivity contribution in [1.82, 2.24) is 13.7 Å². The molecule has 9 heteroatoms. The van der Waals surface area contributed by atoms with E-state index in [2.05, 4.69) is 10.3 Å². The van der Waals surface area contributed by atoms with Crippen molar-refractivity contribution in [3.05, 3.63) is 84.9 Å². The Morgan fingerprint density at radius 3 is 2.52 bits per heavy atom. The number of anilines is 1. The molecule has 1 saturated heterocycles. The number of halogens is 1. The molecule has 1 N–H and O–H groups in total. The summed E-state index contributed by atoms with van der Waals surface area (Å²) in [6.07, 6.45) is 4.85. The highest BCUT2D eigenvalue weighted by Gasteiger charge is 2.39. The van der Waals surface area contributed by atoms with Crippen LogP contribution in [0.1, 0.15) is 12.8 Å². The van der Waals surface area contributed by atoms with Crippen LogP contribution >= 0.6 is 0 Å². The zero-order valence-corrected chi connectivity index (χ0v) is 18.4. The predicted molar refractivity (Wildman–Crippen MR) is 123 cm³/mol. The fourth-order valence-electron chi connectivity index (χ4n) is 4.06. The monoisotopic (exact) mass is 464 g/mol. The molecule has 33 heavy (non-hydrogen) atoms. The Morgan fingerprint density at radius 2 is 1.79 bits per heavy atom. The van der Waals surface area contributed by atoms with E-state index in [1.165, 1.54) is 16.4 Å². The van der Waals surface area contributed by atoms with Gasteiger partial charge in [-0.05, 0) is 61.4 Å². The molecule has 0 aliphatic carbocycles. The van der Waals surface area contributed by atoms with E-state index >= 15 is 0 Å². The normalized spacial score (nSPS) is 16.8. The van der Waals surface area contributed by atoms with E-state index in [4.69, 9.17) is 0 Å². The molecule has 0 radical (unpaired) electrons. The summed E-state index contributed by atoms with van der Waals surface area (Å²) in [7, 11) is -3.90. The van der Waals surface area contributed by atoms with Gasteiger partial charge in [0.15, 0.2) is 0 Å². The minimum atomic E-state index is -3.90. The van der Waals surface area contributed by atoms with Crippen LogP contribution in [0.2, 0.25) is 0 Å². The van der Waals surface area contributed by atoms with Crippen LogP contribution in [0.4, 0.5) is 10.1 Å². The van der Waals surface area contributed by atoms with Crippen LogP contribution in [0, 0.1) is 5.82 Å². The van der Waals surface area contributed by atoms with E-state index in [1.54, 1.807) is 12.1 Å². The maximum Gasteiger partial charge on any atom is 0.243 e. The van der Waals surface area contributed by atoms with Crippen LogP contribution < -0.4 is 5.32 Å². The van der Waals surface area contributed by atoms with E-state index in [1.807, 2.05) is 47.1 Å². The molecule has 3 heterocycles. The van der Waals surface area contributed by atoms with Gasteiger partial charge in [0.25, 0.3) is 0 Å². The predicted octanol–water partition coefficient (Wildman–Crippen LogP) is 3.93. The third kappa shape index (κ3) is 4.12. The number of hydrogen-bond donors (Lipinski definition) is 1. The van der Waals surface area contributed by atoms with Crippen molar-refractivity contribution in [1.29, 1.82) is 0 Å². The molecule has 4 aromatic rings. The Morgan fingerprint density at radius 1 is 1.03 bits per heavy atom. The first-order valence-corrected chi connectivity index (χ1v) is 12.0. The second-order valence-corrected chi connectivity index (χ2v) is 9.78. The van der Waals surface area contributed by atoms with E-state index < -0.39 is 27.8 Å². The number of sulfonamides is 1. The lowest BCUT2D eigenvalue weighted by Gasteiger charge is -2.23. The van der Waals surface area contributed by atoms with Gasteiger partial charge in [-0.1, -0.05) is 18.2 Å². The fourth-order valence-corrected chi connectivity index (χ4v) is 5.71. The van der Waals surface area contributed by atoms with Gasteiger partial charge in [-0.3, -0.25) is 4.79 Å². The molecule has 7 nitrogen and oxygen atoms in total. The number of amides is 1. The highest BCUT2D eigenvalue weighted by Crippen LogP contribution is 2.28. The van der Waals surface area contributed by atoms with Gasteiger partial charge in [-0.2, -0.15) is 4.31 Å². The Kier molecular flexibility index (Phi) is 5.43. The topological polar surface area (TPSA) is 83.8 Å². The summed E-state index contributed by atoms with van der Waals surface area (Å²) in [6.45, 7) is 0.241. The van der Waals surface area contributed by atoms with Gasteiger partial charge in [0.1, 0.15) is 17.5 Å². The van der Waals surface area contributed by atoms with Crippen molar-refractivity contribution in [2.45, 2.75) is 23.8 Å². The summed E-state index contributed by atoms with van der Waals surface area (Å²) >= 11 is 0. The summed E-state index contributed by atoms with van der Waals surface area (Å²) in [5, 5.41) is 2.82. The molecule has 0 spiro atoms. The Labute approximate surface area is 190 Å². The molecule has 0 saturated carbocycles. The third-order valence-corrected chi connectivity index (χ3v) is 7.66. The average molecular weight is 465 g/mol. The summed E-state index contributed by atoms with van der Waals surface area (Å²) in [5.74, 6) is -0.907. The van der Waals surface area contributed by atoms with Crippen LogP contribution in [0.3, 0.4) is 0 Å². The standard InChI is InChI=1S/C24H21FN4O3S/c25-18-8-12-20(13-9-18)33(31,32)29-15-3-4-22(29)24(30)26-19-10-6-17(7-11-19)21-16-28-14-2-1-5-23(28)27-21/h1-2,5-14,16,22H,3-4,15H2,(H,26,30)/t22-/m0/s1. The summed E-state index contributed by atoms with van der Waals surface area (Å²) in [4.78, 5) is 17.5. The zero-order chi connectivity index (χ0) is 23.0. The van der Waals surface area contributed by atoms with Crippen molar-refractivity contribution >= 4 is 27.3 Å². The average Bonchev–Trinajstić information content (AvgIpc) is 3.48. The van der Waals surface area contributed by atoms with Gasteiger partial charge in [-0.25, -0.2) is 17.8 Å². The number of benzene rings is 2. The van der Waals surface area contributed by atoms with Crippen LogP contribution in [-0.2, 0) is 14.8 Å². The maximum absolute atomic E-state index is 13.2. The lowest BCUT2D eigenvalue weighted by molar-refractivity contribution is -0.119. The van der Waals surface area contributed by atoms with Crippen molar-refractivity contribution in [2.24, 2.45) is 0 Å². The number of nitrogens with zero attached hydrogens (tertiary/aromatic N) is 3. The Hall–Kier alpha value is -3.56. The van der Waals surface area contributed by atoms with Crippen molar-refractivity contribution < 1.29 is 17.6 Å². The maximum atomic E-state index is 13.2. The van der Waals surface area contributed by atoms with Crippen LogP contribution in [0.5, 0.6) is 0 Å². The first kappa shape index (κ1) is 21.3. The first-order valence-electron chi connectivity index (χ1n) is 10.5. The number of aromatic nitrogens is 2. The van der Waals surface area contributed by atoms with E-state index in [9.17, 15) is 17.6 Å². The molecule has 5 rings (SSSR count). The zero-order valence-electron chi connectivity index (χ0n) is 17.6. The lowest BCUT2D eigenvalue weighted by Crippen LogP contribution is -2.43. The number of imidazole rings is 1. The molecule has 1 fully saturated rings. The number of carbonyl (C=O) groups is 1. The third-order valence-electron chi connectivity index (χ3n) is 5.74. The number of pyridine rings is 1. The Balaban J connectivity index is 1.32. The highest BCUT2D eigenvalue weighted by molar-refractivity contribution is 7.89. The summed E-state index contributed by atoms with van der Waals surface area (Å²) in [6, 6.07) is 16.8. The molecular formula is C24H21FN4O3S. The lowest BCUT2D eigenvalue weighted by atomic mass is 10.1. The van der Waals surface area contributed by atoms with Gasteiger partial charge < -0.3 is 9.72 Å². The van der Waals surface area contributed by atoms with Gasteiger partial charge in [0.05, 0.1) is 10.6 Å². The van der Waals surface area contributed by atoms with Crippen LogP contribution in [0.25, 0.3) is 16.9 Å². The number of nitrogens with one attached hydrogen (secondary N) is 1. The molecule has 2 aromatic carbocycles. The number of carbonyl (C=O) groups excluding carboxylic acids is 1. The van der Waals surface area contributed by atoms with E-state index in [0.717, 1.165) is 29.0 Å². The van der Waals surface area contributed by atoms with Gasteiger partial charge in [0.2, 0.25) is 15.9 Å². The van der Waals surface area contributed by atoms with Crippen molar-refractivity contribution in [3.8, 4) is 11.3 Å². The largest absolute Gasteiger partial charge is 0.325 e. The summed E-state index contributed by atoms with van der Waals surface area (Å²) < 4.78 is 42.3. The molecule has 0 bridgehead atoms. The van der Waals surface area contributed by atoms with E-state index in [-0.39, 0.29) is 11.4 Å². The fraction of sp³-hybridized carbons (Fsp3) is 0.167. The smallest absolute Gasteiger partial charge is 0.243 e. The van der Waals surface area contributed by atoms with Crippen LogP contribution in [-0.4, -0.2) is 40.6 Å². The molecule has 1 aliphatic rings. The molecule has 168 valence electrons. The van der Waals surface area contributed by atoms with Crippen LogP contribution in [0.15, 0.2) is 84.0 Å². The minimum absolute atomic E-state index is 0.0274. The molecule has 1 aliphatic heterocycles. The summed E-state index contributed by atoms with van der Waals surface area (Å²) in [5.41, 5.74) is 3.12. The quantitative estimate of drug-likeness (QED) is 0.485. The molecule has 0 unspecified atom stereocenters. The number of rotatable bonds is 5. The van der Waals surface area contributed by atoms with Crippen molar-refractivity contribution in [2.75, 3.05) is 11.9 Å². The van der Waals surface area contributed by atoms with Gasteiger partial charge >= 0.3 is 0 Å². The second-order valence-electron chi connectivity index (χ2n) is 7.89.